The summed E-state index contributed by atoms with van der Waals surface area (Å²) < 4.78 is 61.9. The summed E-state index contributed by atoms with van der Waals surface area (Å²) in [5.41, 5.74) is 0. The third-order valence-electron chi connectivity index (χ3n) is 6.74. The highest BCUT2D eigenvalue weighted by atomic mass is 31.2. The fourth-order valence-electron chi connectivity index (χ4n) is 4.54. The van der Waals surface area contributed by atoms with Gasteiger partial charge in [-0.25, -0.2) is 9.13 Å². The molecule has 0 saturated heterocycles. The lowest BCUT2D eigenvalue weighted by molar-refractivity contribution is 0.116. The second kappa shape index (κ2) is 14.6. The number of hydrogen-bond donors (Lipinski definition) is 0. The van der Waals surface area contributed by atoms with Gasteiger partial charge in [-0.2, -0.15) is 0 Å². The average Bonchev–Trinajstić information content (AvgIpc) is 3.01. The van der Waals surface area contributed by atoms with E-state index in [1.165, 1.54) is 0 Å². The van der Waals surface area contributed by atoms with Crippen LogP contribution in [0.3, 0.4) is 0 Å². The highest BCUT2D eigenvalue weighted by Crippen LogP contribution is 2.52. The zero-order chi connectivity index (χ0) is 29.1. The van der Waals surface area contributed by atoms with Crippen molar-refractivity contribution in [1.29, 1.82) is 0 Å². The summed E-state index contributed by atoms with van der Waals surface area (Å²) in [6.07, 6.45) is 3.25. The molecule has 1 saturated carbocycles. The molecular formula is C32H34O8P2. The Hall–Kier alpha value is -3.54. The van der Waals surface area contributed by atoms with Gasteiger partial charge in [0, 0.05) is 0 Å². The molecule has 0 aliphatic heterocycles. The second-order valence-electron chi connectivity index (χ2n) is 9.99. The van der Waals surface area contributed by atoms with E-state index in [1.807, 2.05) is 24.3 Å². The number of phosphoric ester groups is 2. The first-order valence-corrected chi connectivity index (χ1v) is 16.9. The van der Waals surface area contributed by atoms with Crippen molar-refractivity contribution in [3.05, 3.63) is 121 Å². The van der Waals surface area contributed by atoms with Crippen molar-refractivity contribution < 1.29 is 36.3 Å². The molecule has 8 nitrogen and oxygen atoms in total. The summed E-state index contributed by atoms with van der Waals surface area (Å²) >= 11 is 0. The first-order chi connectivity index (χ1) is 20.5. The zero-order valence-corrected chi connectivity index (χ0v) is 24.9. The molecule has 42 heavy (non-hydrogen) atoms. The number of hydrogen-bond acceptors (Lipinski definition) is 8. The van der Waals surface area contributed by atoms with Gasteiger partial charge in [0.25, 0.3) is 0 Å². The Morgan fingerprint density at radius 1 is 0.429 bits per heavy atom. The molecule has 0 radical (unpaired) electrons. The molecule has 0 aromatic heterocycles. The standard InChI is InChI=1S/C32H34O8P2/c33-41(37-29-13-5-1-6-14-29,38-30-15-7-2-8-16-30)35-25-27-21-23-28(24-22-27)26-36-42(34,39-31-17-9-3-10-18-31)40-32-19-11-4-12-20-32/h1-20,27-28H,21-26H2. The van der Waals surface area contributed by atoms with Crippen LogP contribution >= 0.6 is 15.6 Å². The van der Waals surface area contributed by atoms with Crippen LogP contribution in [-0.2, 0) is 18.2 Å². The zero-order valence-electron chi connectivity index (χ0n) is 23.1. The quantitative estimate of drug-likeness (QED) is 0.131. The van der Waals surface area contributed by atoms with Gasteiger partial charge < -0.3 is 18.1 Å². The number of para-hydroxylation sites is 4. The van der Waals surface area contributed by atoms with E-state index < -0.39 is 15.6 Å². The van der Waals surface area contributed by atoms with Crippen LogP contribution in [0.4, 0.5) is 0 Å². The van der Waals surface area contributed by atoms with Gasteiger partial charge in [0.1, 0.15) is 23.0 Å². The Bertz CT molecular complexity index is 1240. The summed E-state index contributed by atoms with van der Waals surface area (Å²) in [6.45, 7) is 0.439. The van der Waals surface area contributed by atoms with Crippen LogP contribution < -0.4 is 18.1 Å². The van der Waals surface area contributed by atoms with Crippen molar-refractivity contribution in [3.63, 3.8) is 0 Å². The Kier molecular flexibility index (Phi) is 10.4. The summed E-state index contributed by atoms with van der Waals surface area (Å²) in [5, 5.41) is 0. The fourth-order valence-corrected chi connectivity index (χ4v) is 7.13. The molecule has 1 fully saturated rings. The minimum Gasteiger partial charge on any atom is -0.395 e. The van der Waals surface area contributed by atoms with Crippen molar-refractivity contribution in [2.24, 2.45) is 11.8 Å². The smallest absolute Gasteiger partial charge is 0.395 e. The molecule has 220 valence electrons. The van der Waals surface area contributed by atoms with Gasteiger partial charge >= 0.3 is 15.6 Å². The van der Waals surface area contributed by atoms with Crippen molar-refractivity contribution >= 4 is 15.6 Å². The Morgan fingerprint density at radius 3 is 0.905 bits per heavy atom. The first-order valence-electron chi connectivity index (χ1n) is 13.9. The van der Waals surface area contributed by atoms with Gasteiger partial charge in [-0.05, 0) is 86.1 Å². The maximum atomic E-state index is 13.6. The van der Waals surface area contributed by atoms with Crippen molar-refractivity contribution in [3.8, 4) is 23.0 Å². The first kappa shape index (κ1) is 29.9. The lowest BCUT2D eigenvalue weighted by atomic mass is 9.83. The molecule has 4 aromatic carbocycles. The van der Waals surface area contributed by atoms with E-state index in [1.54, 1.807) is 97.1 Å². The molecule has 0 bridgehead atoms. The van der Waals surface area contributed by atoms with E-state index in [0.29, 0.717) is 23.0 Å². The van der Waals surface area contributed by atoms with E-state index in [2.05, 4.69) is 0 Å². The predicted octanol–water partition coefficient (Wildman–Crippen LogP) is 9.36. The van der Waals surface area contributed by atoms with Crippen molar-refractivity contribution in [2.45, 2.75) is 25.7 Å². The van der Waals surface area contributed by atoms with Gasteiger partial charge in [-0.1, -0.05) is 72.8 Å². The molecule has 1 aliphatic carbocycles. The largest absolute Gasteiger partial charge is 0.587 e. The van der Waals surface area contributed by atoms with Gasteiger partial charge in [-0.3, -0.25) is 9.05 Å². The molecule has 0 N–H and O–H groups in total. The van der Waals surface area contributed by atoms with Crippen LogP contribution in [-0.4, -0.2) is 13.2 Å². The van der Waals surface area contributed by atoms with Crippen LogP contribution in [0.25, 0.3) is 0 Å². The van der Waals surface area contributed by atoms with Crippen LogP contribution in [0.2, 0.25) is 0 Å². The second-order valence-corrected chi connectivity index (χ2v) is 13.0. The van der Waals surface area contributed by atoms with Crippen LogP contribution in [0.5, 0.6) is 23.0 Å². The minimum absolute atomic E-state index is 0.154. The summed E-state index contributed by atoms with van der Waals surface area (Å²) in [4.78, 5) is 0. The SMILES string of the molecule is O=P(OCC1CCC(COP(=O)(Oc2ccccc2)Oc2ccccc2)CC1)(Oc1ccccc1)Oc1ccccc1. The Labute approximate surface area is 246 Å². The number of rotatable bonds is 14. The van der Waals surface area contributed by atoms with E-state index in [0.717, 1.165) is 25.7 Å². The van der Waals surface area contributed by atoms with E-state index in [9.17, 15) is 9.13 Å². The number of phosphoric acid groups is 2. The summed E-state index contributed by atoms with van der Waals surface area (Å²) in [7, 11) is -7.88. The monoisotopic (exact) mass is 608 g/mol. The van der Waals surface area contributed by atoms with Crippen molar-refractivity contribution in [1.82, 2.24) is 0 Å². The third kappa shape index (κ3) is 9.23. The highest BCUT2D eigenvalue weighted by molar-refractivity contribution is 7.49. The topological polar surface area (TPSA) is 89.5 Å². The lowest BCUT2D eigenvalue weighted by Crippen LogP contribution is -2.22. The van der Waals surface area contributed by atoms with Gasteiger partial charge in [0.05, 0.1) is 13.2 Å². The Balaban J connectivity index is 1.15. The lowest BCUT2D eigenvalue weighted by Gasteiger charge is -2.29. The molecule has 5 rings (SSSR count). The van der Waals surface area contributed by atoms with E-state index in [4.69, 9.17) is 27.1 Å². The molecular weight excluding hydrogens is 574 g/mol. The average molecular weight is 609 g/mol. The van der Waals surface area contributed by atoms with E-state index in [-0.39, 0.29) is 25.0 Å². The maximum absolute atomic E-state index is 13.6. The molecule has 4 aromatic rings. The molecule has 0 atom stereocenters. The van der Waals surface area contributed by atoms with Gasteiger partial charge in [0.15, 0.2) is 0 Å². The molecule has 0 heterocycles. The normalized spacial score (nSPS) is 17.2. The summed E-state index contributed by atoms with van der Waals surface area (Å²) in [5.74, 6) is 1.91. The fraction of sp³-hybridized carbons (Fsp3) is 0.250. The molecule has 0 unspecified atom stereocenters. The van der Waals surface area contributed by atoms with E-state index >= 15 is 0 Å². The minimum atomic E-state index is -3.94. The summed E-state index contributed by atoms with van der Waals surface area (Å²) in [6, 6.07) is 35.4. The van der Waals surface area contributed by atoms with Crippen molar-refractivity contribution in [2.75, 3.05) is 13.2 Å². The Morgan fingerprint density at radius 2 is 0.667 bits per heavy atom. The maximum Gasteiger partial charge on any atom is 0.587 e. The molecule has 1 aliphatic rings. The highest BCUT2D eigenvalue weighted by Gasteiger charge is 2.35. The van der Waals surface area contributed by atoms with Crippen LogP contribution in [0.1, 0.15) is 25.7 Å². The number of benzene rings is 4. The van der Waals surface area contributed by atoms with Gasteiger partial charge in [-0.15, -0.1) is 0 Å². The van der Waals surface area contributed by atoms with Crippen LogP contribution in [0.15, 0.2) is 121 Å². The third-order valence-corrected chi connectivity index (χ3v) is 9.41. The molecule has 0 amide bonds. The predicted molar refractivity (Wildman–Crippen MR) is 161 cm³/mol. The molecule has 0 spiro atoms. The molecule has 10 heteroatoms. The van der Waals surface area contributed by atoms with Crippen LogP contribution in [0, 0.1) is 11.8 Å². The van der Waals surface area contributed by atoms with Gasteiger partial charge in [0.2, 0.25) is 0 Å².